The van der Waals surface area contributed by atoms with Crippen LogP contribution in [-0.2, 0) is 19.9 Å². The summed E-state index contributed by atoms with van der Waals surface area (Å²) in [7, 11) is -6.58. The van der Waals surface area contributed by atoms with Gasteiger partial charge in [0.05, 0.1) is 23.4 Å². The molecule has 1 aromatic carbocycles. The Morgan fingerprint density at radius 1 is 1.17 bits per heavy atom. The fourth-order valence-electron chi connectivity index (χ4n) is 1.62. The van der Waals surface area contributed by atoms with E-state index in [0.717, 1.165) is 12.5 Å². The second kappa shape index (κ2) is 6.71. The third-order valence-electron chi connectivity index (χ3n) is 2.73. The van der Waals surface area contributed by atoms with E-state index in [0.29, 0.717) is 0 Å². The maximum Gasteiger partial charge on any atom is 0.264 e. The minimum absolute atomic E-state index is 0.0602. The molecule has 0 aliphatic heterocycles. The maximum absolute atomic E-state index is 12.4. The van der Waals surface area contributed by atoms with Gasteiger partial charge in [-0.25, -0.2) is 21.8 Å². The molecule has 0 saturated heterocycles. The summed E-state index contributed by atoms with van der Waals surface area (Å²) >= 11 is 11.7. The van der Waals surface area contributed by atoms with E-state index in [-0.39, 0.29) is 31.7 Å². The number of nitrogens with one attached hydrogen (secondary N) is 1. The Kier molecular flexibility index (Phi) is 5.23. The Hall–Kier alpha value is -1.62. The second-order valence-corrected chi connectivity index (χ2v) is 8.89. The molecule has 1 N–H and O–H groups in total. The number of nitrogens with zero attached hydrogens (tertiary/aromatic N) is 2. The number of benzene rings is 1. The molecule has 0 atom stereocenters. The van der Waals surface area contributed by atoms with Crippen LogP contribution >= 0.6 is 23.2 Å². The zero-order chi connectivity index (χ0) is 18.1. The van der Waals surface area contributed by atoms with Gasteiger partial charge in [0, 0.05) is 6.26 Å². The molecule has 130 valence electrons. The summed E-state index contributed by atoms with van der Waals surface area (Å²) in [6.07, 6.45) is 1.85. The van der Waals surface area contributed by atoms with Crippen LogP contribution in [0, 0.1) is 0 Å². The predicted octanol–water partition coefficient (Wildman–Crippen LogP) is 2.00. The van der Waals surface area contributed by atoms with Crippen molar-refractivity contribution >= 4 is 48.9 Å². The molecule has 24 heavy (non-hydrogen) atoms. The van der Waals surface area contributed by atoms with Gasteiger partial charge >= 0.3 is 0 Å². The zero-order valence-electron chi connectivity index (χ0n) is 12.3. The SMILES string of the molecule is COc1nc(S(C)(=O)=O)cnc1NS(=O)(=O)c1cccc(Cl)c1Cl. The fourth-order valence-corrected chi connectivity index (χ4v) is 3.88. The van der Waals surface area contributed by atoms with Gasteiger partial charge in [0.2, 0.25) is 5.82 Å². The van der Waals surface area contributed by atoms with Crippen molar-refractivity contribution < 1.29 is 21.6 Å². The van der Waals surface area contributed by atoms with Crippen molar-refractivity contribution in [1.82, 2.24) is 9.97 Å². The smallest absolute Gasteiger partial charge is 0.264 e. The van der Waals surface area contributed by atoms with Crippen molar-refractivity contribution in [3.8, 4) is 5.88 Å². The van der Waals surface area contributed by atoms with E-state index in [2.05, 4.69) is 14.7 Å². The Morgan fingerprint density at radius 2 is 1.83 bits per heavy atom. The first-order valence-corrected chi connectivity index (χ1v) is 10.3. The van der Waals surface area contributed by atoms with Crippen LogP contribution in [0.4, 0.5) is 5.82 Å². The van der Waals surface area contributed by atoms with Crippen LogP contribution in [0.25, 0.3) is 0 Å². The summed E-state index contributed by atoms with van der Waals surface area (Å²) in [6, 6.07) is 4.10. The Balaban J connectivity index is 2.49. The maximum atomic E-state index is 12.4. The van der Waals surface area contributed by atoms with Gasteiger partial charge in [-0.3, -0.25) is 4.72 Å². The molecule has 12 heteroatoms. The van der Waals surface area contributed by atoms with E-state index >= 15 is 0 Å². The van der Waals surface area contributed by atoms with Gasteiger partial charge in [0.15, 0.2) is 14.9 Å². The van der Waals surface area contributed by atoms with Crippen molar-refractivity contribution in [2.45, 2.75) is 9.92 Å². The third-order valence-corrected chi connectivity index (χ3v) is 6.00. The minimum Gasteiger partial charge on any atom is -0.478 e. The van der Waals surface area contributed by atoms with E-state index in [1.165, 1.54) is 25.3 Å². The van der Waals surface area contributed by atoms with Crippen LogP contribution in [0.1, 0.15) is 0 Å². The average molecular weight is 412 g/mol. The largest absolute Gasteiger partial charge is 0.478 e. The molecular formula is C12H11Cl2N3O5S2. The molecule has 0 unspecified atom stereocenters. The molecule has 0 spiro atoms. The summed E-state index contributed by atoms with van der Waals surface area (Å²) in [5.41, 5.74) is 0. The van der Waals surface area contributed by atoms with Crippen LogP contribution in [0.5, 0.6) is 5.88 Å². The number of ether oxygens (including phenoxy) is 1. The lowest BCUT2D eigenvalue weighted by Gasteiger charge is -2.12. The van der Waals surface area contributed by atoms with E-state index in [1.54, 1.807) is 0 Å². The molecule has 0 aliphatic carbocycles. The summed E-state index contributed by atoms with van der Waals surface area (Å²) in [5.74, 6) is -0.597. The minimum atomic E-state index is -4.15. The topological polar surface area (TPSA) is 115 Å². The summed E-state index contributed by atoms with van der Waals surface area (Å²) in [4.78, 5) is 7.20. The highest BCUT2D eigenvalue weighted by Crippen LogP contribution is 2.31. The molecule has 0 amide bonds. The highest BCUT2D eigenvalue weighted by Gasteiger charge is 2.23. The lowest BCUT2D eigenvalue weighted by molar-refractivity contribution is 0.394. The molecule has 2 rings (SSSR count). The number of anilines is 1. The number of hydrogen-bond acceptors (Lipinski definition) is 7. The third kappa shape index (κ3) is 3.89. The quantitative estimate of drug-likeness (QED) is 0.799. The highest BCUT2D eigenvalue weighted by atomic mass is 35.5. The summed E-state index contributed by atoms with van der Waals surface area (Å²) < 4.78 is 54.8. The molecule has 0 radical (unpaired) electrons. The van der Waals surface area contributed by atoms with Crippen LogP contribution in [0.15, 0.2) is 34.3 Å². The van der Waals surface area contributed by atoms with Crippen LogP contribution in [-0.4, -0.2) is 40.2 Å². The Bertz CT molecular complexity index is 994. The fraction of sp³-hybridized carbons (Fsp3) is 0.167. The number of hydrogen-bond donors (Lipinski definition) is 1. The van der Waals surface area contributed by atoms with Gasteiger partial charge in [-0.1, -0.05) is 29.3 Å². The van der Waals surface area contributed by atoms with Crippen molar-refractivity contribution in [2.24, 2.45) is 0 Å². The first kappa shape index (κ1) is 18.7. The number of methoxy groups -OCH3 is 1. The van der Waals surface area contributed by atoms with Gasteiger partial charge < -0.3 is 4.74 Å². The van der Waals surface area contributed by atoms with Crippen LogP contribution in [0.2, 0.25) is 10.0 Å². The van der Waals surface area contributed by atoms with E-state index in [9.17, 15) is 16.8 Å². The van der Waals surface area contributed by atoms with Crippen molar-refractivity contribution in [2.75, 3.05) is 18.1 Å². The molecule has 0 fully saturated rings. The van der Waals surface area contributed by atoms with E-state index < -0.39 is 19.9 Å². The Labute approximate surface area is 148 Å². The van der Waals surface area contributed by atoms with Crippen molar-refractivity contribution in [3.63, 3.8) is 0 Å². The lowest BCUT2D eigenvalue weighted by atomic mass is 10.4. The first-order chi connectivity index (χ1) is 11.1. The highest BCUT2D eigenvalue weighted by molar-refractivity contribution is 7.92. The molecule has 0 saturated carbocycles. The predicted molar refractivity (Wildman–Crippen MR) is 89.0 cm³/mol. The van der Waals surface area contributed by atoms with Gasteiger partial charge in [-0.15, -0.1) is 0 Å². The van der Waals surface area contributed by atoms with Crippen molar-refractivity contribution in [3.05, 3.63) is 34.4 Å². The number of aromatic nitrogens is 2. The Morgan fingerprint density at radius 3 is 2.42 bits per heavy atom. The molecule has 8 nitrogen and oxygen atoms in total. The normalized spacial score (nSPS) is 12.0. The zero-order valence-corrected chi connectivity index (χ0v) is 15.5. The molecular weight excluding hydrogens is 401 g/mol. The van der Waals surface area contributed by atoms with Gasteiger partial charge in [0.1, 0.15) is 4.90 Å². The van der Waals surface area contributed by atoms with Gasteiger partial charge in [-0.05, 0) is 12.1 Å². The lowest BCUT2D eigenvalue weighted by Crippen LogP contribution is -2.16. The molecule has 1 aromatic heterocycles. The average Bonchev–Trinajstić information content (AvgIpc) is 2.48. The second-order valence-electron chi connectivity index (χ2n) is 4.50. The first-order valence-electron chi connectivity index (χ1n) is 6.14. The van der Waals surface area contributed by atoms with Gasteiger partial charge in [0.25, 0.3) is 15.9 Å². The van der Waals surface area contributed by atoms with E-state index in [1.807, 2.05) is 0 Å². The number of rotatable bonds is 5. The number of sulfonamides is 1. The van der Waals surface area contributed by atoms with Crippen LogP contribution in [0.3, 0.4) is 0 Å². The molecule has 0 bridgehead atoms. The molecule has 1 heterocycles. The van der Waals surface area contributed by atoms with Crippen LogP contribution < -0.4 is 9.46 Å². The monoisotopic (exact) mass is 411 g/mol. The molecule has 0 aliphatic rings. The van der Waals surface area contributed by atoms with Gasteiger partial charge in [-0.2, -0.15) is 4.98 Å². The van der Waals surface area contributed by atoms with E-state index in [4.69, 9.17) is 27.9 Å². The number of halogens is 2. The molecule has 2 aromatic rings. The number of sulfone groups is 1. The summed E-state index contributed by atoms with van der Waals surface area (Å²) in [5, 5.41) is -0.459. The summed E-state index contributed by atoms with van der Waals surface area (Å²) in [6.45, 7) is 0. The van der Waals surface area contributed by atoms with Crippen molar-refractivity contribution in [1.29, 1.82) is 0 Å². The standard InChI is InChI=1S/C12H11Cl2N3O5S2/c1-22-12-11(15-6-9(16-12)23(2,18)19)17-24(20,21)8-5-3-4-7(13)10(8)14/h3-6H,1-2H3,(H,15,17).